The molecule has 0 aliphatic carbocycles. The normalized spacial score (nSPS) is 10.9. The minimum absolute atomic E-state index is 0.0536. The highest BCUT2D eigenvalue weighted by Gasteiger charge is 2.07. The first kappa shape index (κ1) is 16.2. The number of carbonyl (C=O) groups excluding carboxylic acids is 1. The second kappa shape index (κ2) is 7.25. The number of rotatable bonds is 6. The lowest BCUT2D eigenvalue weighted by atomic mass is 10.1. The molecule has 5 heteroatoms. The van der Waals surface area contributed by atoms with Crippen LogP contribution in [-0.4, -0.2) is 22.2 Å². The molecule has 1 N–H and O–H groups in total. The Morgan fingerprint density at radius 3 is 2.92 bits per heavy atom. The number of benzene rings is 2. The van der Waals surface area contributed by atoms with Crippen LogP contribution in [0.2, 0.25) is 0 Å². The zero-order valence-corrected chi connectivity index (χ0v) is 13.6. The lowest BCUT2D eigenvalue weighted by molar-refractivity contribution is -0.121. The van der Waals surface area contributed by atoms with Crippen molar-refractivity contribution in [3.63, 3.8) is 0 Å². The van der Waals surface area contributed by atoms with Crippen LogP contribution in [0.4, 0.5) is 4.39 Å². The van der Waals surface area contributed by atoms with Gasteiger partial charge in [0.2, 0.25) is 5.91 Å². The topological polar surface area (TPSA) is 46.9 Å². The second-order valence-electron chi connectivity index (χ2n) is 5.87. The summed E-state index contributed by atoms with van der Waals surface area (Å²) in [5.74, 6) is -0.285. The number of aromatic nitrogens is 2. The molecular formula is C19H20FN3O. The molecule has 3 rings (SSSR count). The molecule has 0 spiro atoms. The number of halogens is 1. The Balaban J connectivity index is 1.49. The van der Waals surface area contributed by atoms with Crippen LogP contribution in [0.3, 0.4) is 0 Å². The number of hydrogen-bond acceptors (Lipinski definition) is 2. The molecule has 1 aromatic heterocycles. The van der Waals surface area contributed by atoms with Crippen LogP contribution in [0.25, 0.3) is 10.9 Å². The van der Waals surface area contributed by atoms with Crippen LogP contribution < -0.4 is 5.32 Å². The van der Waals surface area contributed by atoms with Crippen molar-refractivity contribution in [2.24, 2.45) is 0 Å². The molecular weight excluding hydrogens is 305 g/mol. The Labute approximate surface area is 140 Å². The van der Waals surface area contributed by atoms with Crippen molar-refractivity contribution in [2.45, 2.75) is 26.3 Å². The predicted molar refractivity (Wildman–Crippen MR) is 92.2 cm³/mol. The summed E-state index contributed by atoms with van der Waals surface area (Å²) < 4.78 is 15.3. The van der Waals surface area contributed by atoms with Gasteiger partial charge in [0.25, 0.3) is 0 Å². The van der Waals surface area contributed by atoms with Crippen molar-refractivity contribution in [1.82, 2.24) is 15.1 Å². The number of fused-ring (bicyclic) bond motifs is 1. The molecule has 0 atom stereocenters. The summed E-state index contributed by atoms with van der Waals surface area (Å²) >= 11 is 0. The smallest absolute Gasteiger partial charge is 0.221 e. The van der Waals surface area contributed by atoms with Crippen molar-refractivity contribution in [3.8, 4) is 0 Å². The van der Waals surface area contributed by atoms with Gasteiger partial charge in [-0.25, -0.2) is 4.39 Å². The van der Waals surface area contributed by atoms with Gasteiger partial charge in [-0.3, -0.25) is 9.48 Å². The van der Waals surface area contributed by atoms with Gasteiger partial charge in [0.05, 0.1) is 18.3 Å². The van der Waals surface area contributed by atoms with Gasteiger partial charge in [-0.15, -0.1) is 0 Å². The molecule has 24 heavy (non-hydrogen) atoms. The molecule has 0 saturated carbocycles. The molecule has 3 aromatic rings. The first-order valence-corrected chi connectivity index (χ1v) is 8.06. The maximum absolute atomic E-state index is 13.5. The van der Waals surface area contributed by atoms with E-state index in [0.29, 0.717) is 31.5 Å². The molecule has 0 fully saturated rings. The largest absolute Gasteiger partial charge is 0.356 e. The first-order chi connectivity index (χ1) is 11.6. The van der Waals surface area contributed by atoms with Crippen LogP contribution in [0.5, 0.6) is 0 Å². The SMILES string of the molecule is Cc1ccc2c(cnn2CCC(=O)NCCc2ccccc2F)c1. The average Bonchev–Trinajstić information content (AvgIpc) is 2.97. The van der Waals surface area contributed by atoms with Crippen molar-refractivity contribution in [3.05, 3.63) is 65.6 Å². The second-order valence-corrected chi connectivity index (χ2v) is 5.87. The number of nitrogens with one attached hydrogen (secondary N) is 1. The van der Waals surface area contributed by atoms with Gasteiger partial charge in [-0.1, -0.05) is 29.8 Å². The number of hydrogen-bond donors (Lipinski definition) is 1. The van der Waals surface area contributed by atoms with Gasteiger partial charge >= 0.3 is 0 Å². The Morgan fingerprint density at radius 2 is 2.08 bits per heavy atom. The Kier molecular flexibility index (Phi) is 4.89. The summed E-state index contributed by atoms with van der Waals surface area (Å²) in [4.78, 5) is 12.0. The molecule has 0 bridgehead atoms. The fraction of sp³-hybridized carbons (Fsp3) is 0.263. The summed E-state index contributed by atoms with van der Waals surface area (Å²) in [5, 5.41) is 8.24. The van der Waals surface area contributed by atoms with E-state index in [9.17, 15) is 9.18 Å². The fourth-order valence-corrected chi connectivity index (χ4v) is 2.72. The summed E-state index contributed by atoms with van der Waals surface area (Å²) in [7, 11) is 0. The minimum Gasteiger partial charge on any atom is -0.356 e. The number of amides is 1. The number of carbonyl (C=O) groups is 1. The molecule has 0 aliphatic rings. The van der Waals surface area contributed by atoms with E-state index in [1.165, 1.54) is 11.6 Å². The third-order valence-corrected chi connectivity index (χ3v) is 4.02. The van der Waals surface area contributed by atoms with Crippen LogP contribution in [0.1, 0.15) is 17.5 Å². The quantitative estimate of drug-likeness (QED) is 0.756. The lowest BCUT2D eigenvalue weighted by Gasteiger charge is -2.07. The van der Waals surface area contributed by atoms with Crippen LogP contribution in [-0.2, 0) is 17.8 Å². The monoisotopic (exact) mass is 325 g/mol. The standard InChI is InChI=1S/C19H20FN3O/c1-14-6-7-18-16(12-14)13-22-23(18)11-9-19(24)21-10-8-15-4-2-3-5-17(15)20/h2-7,12-13H,8-11H2,1H3,(H,21,24). The fourth-order valence-electron chi connectivity index (χ4n) is 2.72. The highest BCUT2D eigenvalue weighted by molar-refractivity contribution is 5.80. The maximum Gasteiger partial charge on any atom is 0.221 e. The highest BCUT2D eigenvalue weighted by Crippen LogP contribution is 2.15. The number of aryl methyl sites for hydroxylation is 2. The minimum atomic E-state index is -0.231. The first-order valence-electron chi connectivity index (χ1n) is 8.06. The summed E-state index contributed by atoms with van der Waals surface area (Å²) in [5.41, 5.74) is 2.83. The molecule has 0 unspecified atom stereocenters. The van der Waals surface area contributed by atoms with Crippen LogP contribution in [0, 0.1) is 12.7 Å². The van der Waals surface area contributed by atoms with Crippen molar-refractivity contribution < 1.29 is 9.18 Å². The third kappa shape index (κ3) is 3.79. The molecule has 0 aliphatic heterocycles. The van der Waals surface area contributed by atoms with Crippen molar-refractivity contribution in [2.75, 3.05) is 6.54 Å². The molecule has 1 heterocycles. The lowest BCUT2D eigenvalue weighted by Crippen LogP contribution is -2.26. The van der Waals surface area contributed by atoms with Gasteiger partial charge in [-0.05, 0) is 37.1 Å². The Bertz CT molecular complexity index is 857. The van der Waals surface area contributed by atoms with E-state index >= 15 is 0 Å². The van der Waals surface area contributed by atoms with Gasteiger partial charge in [0.15, 0.2) is 0 Å². The van der Waals surface area contributed by atoms with E-state index in [4.69, 9.17) is 0 Å². The van der Waals surface area contributed by atoms with Crippen molar-refractivity contribution in [1.29, 1.82) is 0 Å². The van der Waals surface area contributed by atoms with E-state index in [-0.39, 0.29) is 11.7 Å². The highest BCUT2D eigenvalue weighted by atomic mass is 19.1. The van der Waals surface area contributed by atoms with Gasteiger partial charge in [-0.2, -0.15) is 5.10 Å². The summed E-state index contributed by atoms with van der Waals surface area (Å²) in [6.07, 6.45) is 2.66. The predicted octanol–water partition coefficient (Wildman–Crippen LogP) is 3.23. The van der Waals surface area contributed by atoms with Crippen LogP contribution in [0.15, 0.2) is 48.7 Å². The Morgan fingerprint density at radius 1 is 1.25 bits per heavy atom. The third-order valence-electron chi connectivity index (χ3n) is 4.02. The van der Waals surface area contributed by atoms with Gasteiger partial charge < -0.3 is 5.32 Å². The average molecular weight is 325 g/mol. The van der Waals surface area contributed by atoms with E-state index in [2.05, 4.69) is 16.5 Å². The van der Waals surface area contributed by atoms with E-state index in [1.54, 1.807) is 18.2 Å². The zero-order valence-electron chi connectivity index (χ0n) is 13.6. The number of nitrogens with zero attached hydrogens (tertiary/aromatic N) is 2. The van der Waals surface area contributed by atoms with Gasteiger partial charge in [0, 0.05) is 18.4 Å². The molecule has 2 aromatic carbocycles. The van der Waals surface area contributed by atoms with E-state index in [0.717, 1.165) is 10.9 Å². The molecule has 0 radical (unpaired) electrons. The molecule has 124 valence electrons. The van der Waals surface area contributed by atoms with Crippen LogP contribution >= 0.6 is 0 Å². The molecule has 1 amide bonds. The molecule has 0 saturated heterocycles. The Hall–Kier alpha value is -2.69. The maximum atomic E-state index is 13.5. The van der Waals surface area contributed by atoms with E-state index < -0.39 is 0 Å². The zero-order chi connectivity index (χ0) is 16.9. The van der Waals surface area contributed by atoms with Gasteiger partial charge in [0.1, 0.15) is 5.82 Å². The molecule has 4 nitrogen and oxygen atoms in total. The van der Waals surface area contributed by atoms with E-state index in [1.807, 2.05) is 29.9 Å². The summed E-state index contributed by atoms with van der Waals surface area (Å²) in [6.45, 7) is 3.00. The summed E-state index contributed by atoms with van der Waals surface area (Å²) in [6, 6.07) is 12.8. The van der Waals surface area contributed by atoms with Crippen molar-refractivity contribution >= 4 is 16.8 Å².